The van der Waals surface area contributed by atoms with E-state index in [1.54, 1.807) is 25.4 Å². The van der Waals surface area contributed by atoms with Gasteiger partial charge in [0, 0.05) is 34.6 Å². The number of nitrogens with one attached hydrogen (secondary N) is 3. The molecule has 0 amide bonds. The summed E-state index contributed by atoms with van der Waals surface area (Å²) in [6.07, 6.45) is 1.73. The molecule has 0 bridgehead atoms. The van der Waals surface area contributed by atoms with Crippen LogP contribution < -0.4 is 20.1 Å². The number of aromatic nitrogens is 4. The molecule has 5 rings (SSSR count). The molecule has 8 nitrogen and oxygen atoms in total. The number of methoxy groups -OCH3 is 2. The van der Waals surface area contributed by atoms with Crippen LogP contribution >= 0.6 is 0 Å². The summed E-state index contributed by atoms with van der Waals surface area (Å²) >= 11 is 0. The predicted octanol–water partition coefficient (Wildman–Crippen LogP) is 5.16. The number of anilines is 3. The number of nitrogens with zero attached hydrogens (tertiary/aromatic N) is 3. The van der Waals surface area contributed by atoms with Crippen molar-refractivity contribution in [2.45, 2.75) is 6.54 Å². The van der Waals surface area contributed by atoms with Crippen molar-refractivity contribution in [1.29, 1.82) is 0 Å². The van der Waals surface area contributed by atoms with Gasteiger partial charge in [-0.3, -0.25) is 5.10 Å². The maximum absolute atomic E-state index is 14.1. The molecule has 0 radical (unpaired) electrons. The van der Waals surface area contributed by atoms with Crippen LogP contribution in [-0.4, -0.2) is 34.4 Å². The molecule has 3 aromatic carbocycles. The van der Waals surface area contributed by atoms with E-state index in [9.17, 15) is 8.78 Å². The van der Waals surface area contributed by atoms with Gasteiger partial charge in [0.15, 0.2) is 11.5 Å². The van der Waals surface area contributed by atoms with Gasteiger partial charge in [0.05, 0.1) is 31.4 Å². The second-order valence-electron chi connectivity index (χ2n) is 7.51. The van der Waals surface area contributed by atoms with Crippen LogP contribution in [0.2, 0.25) is 0 Å². The molecule has 0 fully saturated rings. The Morgan fingerprint density at radius 2 is 1.76 bits per heavy atom. The monoisotopic (exact) mass is 462 g/mol. The van der Waals surface area contributed by atoms with E-state index in [2.05, 4.69) is 30.8 Å². The van der Waals surface area contributed by atoms with Gasteiger partial charge >= 0.3 is 0 Å². The Hall–Kier alpha value is -4.47. The zero-order valence-electron chi connectivity index (χ0n) is 18.3. The van der Waals surface area contributed by atoms with Gasteiger partial charge in [-0.25, -0.2) is 13.8 Å². The lowest BCUT2D eigenvalue weighted by molar-refractivity contribution is 0.356. The molecule has 0 saturated heterocycles. The van der Waals surface area contributed by atoms with Crippen molar-refractivity contribution in [3.63, 3.8) is 0 Å². The van der Waals surface area contributed by atoms with Crippen LogP contribution in [-0.2, 0) is 6.54 Å². The first-order valence-electron chi connectivity index (χ1n) is 10.4. The Kier molecular flexibility index (Phi) is 5.54. The molecule has 3 N–H and O–H groups in total. The number of fused-ring (bicyclic) bond motifs is 2. The van der Waals surface area contributed by atoms with Crippen LogP contribution in [0.15, 0.2) is 54.7 Å². The molecular formula is C24H20F2N6O2. The fourth-order valence-electron chi connectivity index (χ4n) is 3.64. The number of hydrogen-bond acceptors (Lipinski definition) is 7. The molecule has 172 valence electrons. The van der Waals surface area contributed by atoms with Gasteiger partial charge in [0.2, 0.25) is 5.95 Å². The highest BCUT2D eigenvalue weighted by molar-refractivity contribution is 5.95. The summed E-state index contributed by atoms with van der Waals surface area (Å²) in [6.45, 7) is 0.00279. The van der Waals surface area contributed by atoms with Crippen molar-refractivity contribution in [3.8, 4) is 11.5 Å². The van der Waals surface area contributed by atoms with E-state index in [-0.39, 0.29) is 18.1 Å². The number of H-pyrrole nitrogens is 1. The van der Waals surface area contributed by atoms with E-state index in [1.165, 1.54) is 7.11 Å². The maximum Gasteiger partial charge on any atom is 0.225 e. The molecule has 0 unspecified atom stereocenters. The van der Waals surface area contributed by atoms with Crippen molar-refractivity contribution in [1.82, 2.24) is 20.2 Å². The highest BCUT2D eigenvalue weighted by Gasteiger charge is 2.15. The average molecular weight is 462 g/mol. The Morgan fingerprint density at radius 3 is 2.59 bits per heavy atom. The lowest BCUT2D eigenvalue weighted by atomic mass is 10.2. The fraction of sp³-hybridized carbons (Fsp3) is 0.125. The predicted molar refractivity (Wildman–Crippen MR) is 126 cm³/mol. The molecule has 5 aromatic rings. The standard InChI is InChI=1S/C24H20F2N6O2/c1-33-21-9-17-20(10-22(21)34-2)30-24(27-11-13-7-15(25)3-5-18(13)26)31-23(17)29-16-4-6-19-14(8-16)12-28-32-19/h3-10,12H,11H2,1-2H3,(H,28,32)(H2,27,29,30,31). The van der Waals surface area contributed by atoms with Crippen molar-refractivity contribution in [2.24, 2.45) is 0 Å². The minimum absolute atomic E-state index is 0.00279. The van der Waals surface area contributed by atoms with Gasteiger partial charge < -0.3 is 20.1 Å². The van der Waals surface area contributed by atoms with Crippen molar-refractivity contribution in [2.75, 3.05) is 24.9 Å². The van der Waals surface area contributed by atoms with E-state index >= 15 is 0 Å². The first-order valence-corrected chi connectivity index (χ1v) is 10.4. The largest absolute Gasteiger partial charge is 0.493 e. The molecule has 10 heteroatoms. The lowest BCUT2D eigenvalue weighted by Crippen LogP contribution is -2.08. The van der Waals surface area contributed by atoms with E-state index in [0.717, 1.165) is 34.8 Å². The number of ether oxygens (including phenoxy) is 2. The summed E-state index contributed by atoms with van der Waals surface area (Å²) < 4.78 is 38.5. The first-order chi connectivity index (χ1) is 16.5. The topological polar surface area (TPSA) is 97.0 Å². The van der Waals surface area contributed by atoms with Crippen LogP contribution in [0.1, 0.15) is 5.56 Å². The van der Waals surface area contributed by atoms with E-state index < -0.39 is 11.6 Å². The van der Waals surface area contributed by atoms with Crippen LogP contribution in [0.5, 0.6) is 11.5 Å². The summed E-state index contributed by atoms with van der Waals surface area (Å²) in [6, 6.07) is 12.5. The molecule has 0 aliphatic rings. The van der Waals surface area contributed by atoms with Gasteiger partial charge in [0.25, 0.3) is 0 Å². The second-order valence-corrected chi connectivity index (χ2v) is 7.51. The highest BCUT2D eigenvalue weighted by atomic mass is 19.1. The maximum atomic E-state index is 14.1. The van der Waals surface area contributed by atoms with Crippen LogP contribution in [0.25, 0.3) is 21.8 Å². The van der Waals surface area contributed by atoms with Gasteiger partial charge in [-0.2, -0.15) is 10.1 Å². The molecule has 2 aromatic heterocycles. The van der Waals surface area contributed by atoms with Gasteiger partial charge in [0.1, 0.15) is 17.5 Å². The number of aromatic amines is 1. The zero-order valence-corrected chi connectivity index (χ0v) is 18.3. The summed E-state index contributed by atoms with van der Waals surface area (Å²) in [4.78, 5) is 9.13. The quantitative estimate of drug-likeness (QED) is 0.308. The minimum Gasteiger partial charge on any atom is -0.493 e. The summed E-state index contributed by atoms with van der Waals surface area (Å²) in [5.74, 6) is 0.710. The van der Waals surface area contributed by atoms with E-state index in [4.69, 9.17) is 9.47 Å². The van der Waals surface area contributed by atoms with Gasteiger partial charge in [-0.15, -0.1) is 0 Å². The number of hydrogen-bond donors (Lipinski definition) is 3. The third kappa shape index (κ3) is 4.13. The summed E-state index contributed by atoms with van der Waals surface area (Å²) in [7, 11) is 3.09. The number of rotatable bonds is 7. The van der Waals surface area contributed by atoms with E-state index in [1.807, 2.05) is 18.2 Å². The molecule has 0 saturated carbocycles. The van der Waals surface area contributed by atoms with Crippen molar-refractivity contribution < 1.29 is 18.3 Å². The number of benzene rings is 3. The minimum atomic E-state index is -0.522. The first kappa shape index (κ1) is 21.4. The summed E-state index contributed by atoms with van der Waals surface area (Å²) in [5, 5.41) is 14.9. The SMILES string of the molecule is COc1cc2nc(NCc3cc(F)ccc3F)nc(Nc3ccc4[nH]ncc4c3)c2cc1OC. The molecule has 0 aliphatic carbocycles. The second kappa shape index (κ2) is 8.81. The third-order valence-electron chi connectivity index (χ3n) is 5.35. The van der Waals surface area contributed by atoms with Crippen molar-refractivity contribution in [3.05, 3.63) is 71.9 Å². The molecule has 2 heterocycles. The Labute approximate surface area is 192 Å². The lowest BCUT2D eigenvalue weighted by Gasteiger charge is -2.15. The third-order valence-corrected chi connectivity index (χ3v) is 5.35. The molecule has 0 aliphatic heterocycles. The van der Waals surface area contributed by atoms with Gasteiger partial charge in [-0.05, 0) is 42.5 Å². The summed E-state index contributed by atoms with van der Waals surface area (Å²) in [5.41, 5.74) is 2.42. The Morgan fingerprint density at radius 1 is 0.941 bits per heavy atom. The Bertz CT molecular complexity index is 1500. The van der Waals surface area contributed by atoms with E-state index in [0.29, 0.717) is 28.2 Å². The number of halogens is 2. The Balaban J connectivity index is 1.56. The molecule has 0 spiro atoms. The smallest absolute Gasteiger partial charge is 0.225 e. The highest BCUT2D eigenvalue weighted by Crippen LogP contribution is 2.35. The normalized spacial score (nSPS) is 11.1. The zero-order chi connectivity index (χ0) is 23.7. The average Bonchev–Trinajstić information content (AvgIpc) is 3.31. The van der Waals surface area contributed by atoms with Gasteiger partial charge in [-0.1, -0.05) is 0 Å². The van der Waals surface area contributed by atoms with Crippen LogP contribution in [0.3, 0.4) is 0 Å². The molecule has 34 heavy (non-hydrogen) atoms. The van der Waals surface area contributed by atoms with Crippen LogP contribution in [0.4, 0.5) is 26.2 Å². The fourth-order valence-corrected chi connectivity index (χ4v) is 3.64. The van der Waals surface area contributed by atoms with Crippen molar-refractivity contribution >= 4 is 39.3 Å². The molecule has 0 atom stereocenters. The van der Waals surface area contributed by atoms with Crippen LogP contribution in [0, 0.1) is 11.6 Å². The molecular weight excluding hydrogens is 442 g/mol.